The molecular formula is C23H27N5O4S. The predicted molar refractivity (Wildman–Crippen MR) is 123 cm³/mol. The monoisotopic (exact) mass is 469 g/mol. The largest absolute Gasteiger partial charge is 0.495 e. The smallest absolute Gasteiger partial charge is 0.251 e. The molecule has 2 aliphatic carbocycles. The van der Waals surface area contributed by atoms with Gasteiger partial charge in [-0.15, -0.1) is 0 Å². The van der Waals surface area contributed by atoms with Crippen molar-refractivity contribution in [3.63, 3.8) is 0 Å². The highest BCUT2D eigenvalue weighted by atomic mass is 32.2. The van der Waals surface area contributed by atoms with Gasteiger partial charge in [-0.3, -0.25) is 9.78 Å². The first-order valence-electron chi connectivity index (χ1n) is 11.1. The highest BCUT2D eigenvalue weighted by molar-refractivity contribution is 7.89. The van der Waals surface area contributed by atoms with E-state index in [1.807, 2.05) is 11.5 Å². The molecule has 3 aromatic rings. The van der Waals surface area contributed by atoms with E-state index in [0.717, 1.165) is 38.5 Å². The second-order valence-corrected chi connectivity index (χ2v) is 10.9. The first-order chi connectivity index (χ1) is 15.7. The third-order valence-electron chi connectivity index (χ3n) is 6.66. The quantitative estimate of drug-likeness (QED) is 0.547. The van der Waals surface area contributed by atoms with Crippen LogP contribution < -0.4 is 15.2 Å². The minimum atomic E-state index is -3.68. The molecule has 9 nitrogen and oxygen atoms in total. The molecule has 0 aromatic carbocycles. The lowest BCUT2D eigenvalue weighted by Gasteiger charge is -2.18. The molecule has 1 amide bonds. The van der Waals surface area contributed by atoms with Crippen LogP contribution in [0.5, 0.6) is 5.75 Å². The first kappa shape index (κ1) is 21.8. The number of aromatic nitrogens is 3. The predicted octanol–water partition coefficient (Wildman–Crippen LogP) is 3.15. The molecule has 0 atom stereocenters. The fourth-order valence-corrected chi connectivity index (χ4v) is 6.06. The zero-order chi connectivity index (χ0) is 23.4. The van der Waals surface area contributed by atoms with Crippen LogP contribution in [0.2, 0.25) is 0 Å². The van der Waals surface area contributed by atoms with Gasteiger partial charge in [0.15, 0.2) is 0 Å². The van der Waals surface area contributed by atoms with E-state index in [2.05, 4.69) is 14.7 Å². The average Bonchev–Trinajstić information content (AvgIpc) is 3.18. The molecule has 0 unspecified atom stereocenters. The van der Waals surface area contributed by atoms with E-state index in [4.69, 9.17) is 10.5 Å². The van der Waals surface area contributed by atoms with E-state index in [0.29, 0.717) is 33.7 Å². The molecule has 2 saturated carbocycles. The number of methoxy groups -OCH3 is 1. The molecule has 10 heteroatoms. The van der Waals surface area contributed by atoms with E-state index >= 15 is 0 Å². The minimum absolute atomic E-state index is 0.0864. The van der Waals surface area contributed by atoms with Crippen molar-refractivity contribution in [2.24, 2.45) is 5.73 Å². The summed E-state index contributed by atoms with van der Waals surface area (Å²) in [5.74, 6) is -0.0715. The van der Waals surface area contributed by atoms with Crippen LogP contribution in [0, 0.1) is 0 Å². The normalized spacial score (nSPS) is 18.0. The van der Waals surface area contributed by atoms with Gasteiger partial charge >= 0.3 is 0 Å². The number of carbonyl (C=O) groups is 1. The van der Waals surface area contributed by atoms with Gasteiger partial charge in [-0.25, -0.2) is 18.1 Å². The number of nitrogens with zero attached hydrogens (tertiary/aromatic N) is 3. The number of amides is 1. The Bertz CT molecular complexity index is 1340. The third kappa shape index (κ3) is 3.87. The number of primary amides is 1. The van der Waals surface area contributed by atoms with Crippen molar-refractivity contribution in [3.05, 3.63) is 36.2 Å². The van der Waals surface area contributed by atoms with Gasteiger partial charge in [0.25, 0.3) is 5.91 Å². The van der Waals surface area contributed by atoms with Crippen molar-refractivity contribution in [2.75, 3.05) is 7.11 Å². The zero-order valence-electron chi connectivity index (χ0n) is 18.7. The summed E-state index contributed by atoms with van der Waals surface area (Å²) in [5.41, 5.74) is 7.47. The summed E-state index contributed by atoms with van der Waals surface area (Å²) < 4.78 is 35.6. The van der Waals surface area contributed by atoms with E-state index in [1.54, 1.807) is 25.4 Å². The number of fused-ring (bicyclic) bond motifs is 1. The molecule has 0 bridgehead atoms. The van der Waals surface area contributed by atoms with E-state index in [1.165, 1.54) is 12.3 Å². The Morgan fingerprint density at radius 3 is 2.52 bits per heavy atom. The van der Waals surface area contributed by atoms with Crippen LogP contribution >= 0.6 is 0 Å². The standard InChI is InChI=1S/C23H27N5O4S/c1-23(9-10-23)27-33(30,31)16-7-8-18(25-13-16)20-19(21(24)29)17-11-15(32-2)12-26-22(17)28(20)14-5-3-4-6-14/h7-8,11-14,27H,3-6,9-10H2,1-2H3,(H2,24,29). The van der Waals surface area contributed by atoms with E-state index in [-0.39, 0.29) is 16.5 Å². The van der Waals surface area contributed by atoms with Gasteiger partial charge in [0, 0.05) is 23.2 Å². The number of carbonyl (C=O) groups excluding carboxylic acids is 1. The summed E-state index contributed by atoms with van der Waals surface area (Å²) >= 11 is 0. The Hall–Kier alpha value is -2.98. The molecule has 0 saturated heterocycles. The number of pyridine rings is 2. The van der Waals surface area contributed by atoms with Gasteiger partial charge in [-0.2, -0.15) is 0 Å². The molecule has 5 rings (SSSR count). The maximum Gasteiger partial charge on any atom is 0.251 e. The van der Waals surface area contributed by atoms with Gasteiger partial charge in [-0.05, 0) is 50.8 Å². The number of sulfonamides is 1. The Morgan fingerprint density at radius 2 is 1.94 bits per heavy atom. The summed E-state index contributed by atoms with van der Waals surface area (Å²) in [6.45, 7) is 1.88. The topological polar surface area (TPSA) is 129 Å². The number of hydrogen-bond donors (Lipinski definition) is 2. The van der Waals surface area contributed by atoms with Crippen molar-refractivity contribution in [1.29, 1.82) is 0 Å². The molecule has 174 valence electrons. The molecule has 2 fully saturated rings. The second kappa shape index (κ2) is 7.81. The number of nitrogens with two attached hydrogens (primary N) is 1. The van der Waals surface area contributed by atoms with Crippen LogP contribution in [0.15, 0.2) is 35.5 Å². The van der Waals surface area contributed by atoms with Crippen LogP contribution in [0.25, 0.3) is 22.4 Å². The van der Waals surface area contributed by atoms with Crippen LogP contribution in [0.3, 0.4) is 0 Å². The molecule has 0 radical (unpaired) electrons. The van der Waals surface area contributed by atoms with Crippen molar-refractivity contribution in [1.82, 2.24) is 19.3 Å². The fourth-order valence-electron chi connectivity index (χ4n) is 4.65. The summed E-state index contributed by atoms with van der Waals surface area (Å²) in [4.78, 5) is 21.8. The molecule has 3 heterocycles. The first-order valence-corrected chi connectivity index (χ1v) is 12.6. The molecule has 33 heavy (non-hydrogen) atoms. The Morgan fingerprint density at radius 1 is 1.21 bits per heavy atom. The van der Waals surface area contributed by atoms with E-state index in [9.17, 15) is 13.2 Å². The summed E-state index contributed by atoms with van der Waals surface area (Å²) in [6.07, 6.45) is 8.67. The Labute approximate surface area is 192 Å². The van der Waals surface area contributed by atoms with Gasteiger partial charge in [0.1, 0.15) is 16.3 Å². The van der Waals surface area contributed by atoms with E-state index < -0.39 is 15.9 Å². The molecule has 2 aliphatic rings. The Balaban J connectivity index is 1.67. The second-order valence-electron chi connectivity index (χ2n) is 9.19. The zero-order valence-corrected chi connectivity index (χ0v) is 19.5. The van der Waals surface area contributed by atoms with Gasteiger partial charge in [0.05, 0.1) is 30.3 Å². The summed E-state index contributed by atoms with van der Waals surface area (Å²) in [6, 6.07) is 5.06. The summed E-state index contributed by atoms with van der Waals surface area (Å²) in [5, 5.41) is 0.602. The lowest BCUT2D eigenvalue weighted by molar-refractivity contribution is 0.100. The highest BCUT2D eigenvalue weighted by Gasteiger charge is 2.41. The van der Waals surface area contributed by atoms with Gasteiger partial charge in [-0.1, -0.05) is 12.8 Å². The van der Waals surface area contributed by atoms with Crippen molar-refractivity contribution >= 4 is 27.0 Å². The number of hydrogen-bond acceptors (Lipinski definition) is 6. The van der Waals surface area contributed by atoms with Crippen molar-refractivity contribution < 1.29 is 17.9 Å². The molecule has 3 aromatic heterocycles. The molecular weight excluding hydrogens is 442 g/mol. The minimum Gasteiger partial charge on any atom is -0.495 e. The average molecular weight is 470 g/mol. The van der Waals surface area contributed by atoms with Gasteiger partial charge < -0.3 is 15.0 Å². The van der Waals surface area contributed by atoms with Gasteiger partial charge in [0.2, 0.25) is 10.0 Å². The lowest BCUT2D eigenvalue weighted by atomic mass is 10.1. The molecule has 3 N–H and O–H groups in total. The van der Waals surface area contributed by atoms with Crippen LogP contribution in [0.4, 0.5) is 0 Å². The SMILES string of the molecule is COc1cnc2c(c1)c(C(N)=O)c(-c1ccc(S(=O)(=O)NC3(C)CC3)cn1)n2C1CCCC1. The van der Waals surface area contributed by atoms with Crippen molar-refractivity contribution in [3.8, 4) is 17.1 Å². The van der Waals surface area contributed by atoms with Crippen LogP contribution in [-0.4, -0.2) is 41.5 Å². The maximum atomic E-state index is 12.7. The number of ether oxygens (including phenoxy) is 1. The highest BCUT2D eigenvalue weighted by Crippen LogP contribution is 2.41. The maximum absolute atomic E-state index is 12.7. The number of nitrogens with one attached hydrogen (secondary N) is 1. The van der Waals surface area contributed by atoms with Crippen molar-refractivity contribution in [2.45, 2.75) is 61.9 Å². The van der Waals surface area contributed by atoms with Crippen LogP contribution in [0.1, 0.15) is 61.8 Å². The molecule has 0 spiro atoms. The Kier molecular flexibility index (Phi) is 5.17. The van der Waals surface area contributed by atoms with Crippen LogP contribution in [-0.2, 0) is 10.0 Å². The fraction of sp³-hybridized carbons (Fsp3) is 0.435. The lowest BCUT2D eigenvalue weighted by Crippen LogP contribution is -2.34. The molecule has 0 aliphatic heterocycles. The summed E-state index contributed by atoms with van der Waals surface area (Å²) in [7, 11) is -2.14. The third-order valence-corrected chi connectivity index (χ3v) is 8.28. The number of rotatable bonds is 7.